The van der Waals surface area contributed by atoms with E-state index in [1.165, 1.54) is 11.3 Å². The van der Waals surface area contributed by atoms with Crippen LogP contribution in [0.1, 0.15) is 31.7 Å². The van der Waals surface area contributed by atoms with Crippen molar-refractivity contribution in [2.45, 2.75) is 39.2 Å². The third kappa shape index (κ3) is 8.02. The average Bonchev–Trinajstić information content (AvgIpc) is 2.60. The van der Waals surface area contributed by atoms with Crippen LogP contribution >= 0.6 is 35.7 Å². The molecular formula is C18H32IN5S. The summed E-state index contributed by atoms with van der Waals surface area (Å²) in [7, 11) is 0. The van der Waals surface area contributed by atoms with Crippen LogP contribution in [0.15, 0.2) is 23.3 Å². The Morgan fingerprint density at radius 1 is 1.36 bits per heavy atom. The molecule has 0 saturated carbocycles. The number of nitrogens with one attached hydrogen (secondary N) is 2. The minimum Gasteiger partial charge on any atom is -0.357 e. The number of nitrogens with zero attached hydrogens (tertiary/aromatic N) is 3. The molecule has 25 heavy (non-hydrogen) atoms. The first-order chi connectivity index (χ1) is 11.7. The van der Waals surface area contributed by atoms with E-state index in [1.807, 2.05) is 18.0 Å². The normalized spacial score (nSPS) is 15.6. The van der Waals surface area contributed by atoms with E-state index in [0.717, 1.165) is 57.2 Å². The summed E-state index contributed by atoms with van der Waals surface area (Å²) in [4.78, 5) is 11.6. The highest BCUT2D eigenvalue weighted by molar-refractivity contribution is 14.0. The van der Waals surface area contributed by atoms with Gasteiger partial charge < -0.3 is 15.5 Å². The minimum absolute atomic E-state index is 0. The van der Waals surface area contributed by atoms with Crippen molar-refractivity contribution < 1.29 is 0 Å². The lowest BCUT2D eigenvalue weighted by molar-refractivity contribution is 0.459. The minimum atomic E-state index is 0. The number of rotatable bonds is 7. The van der Waals surface area contributed by atoms with Crippen molar-refractivity contribution >= 4 is 47.5 Å². The Morgan fingerprint density at radius 3 is 2.72 bits per heavy atom. The Kier molecular flexibility index (Phi) is 11.3. The molecule has 1 fully saturated rings. The van der Waals surface area contributed by atoms with Crippen molar-refractivity contribution in [3.8, 4) is 0 Å². The maximum atomic E-state index is 4.69. The number of guanidine groups is 1. The predicted octanol–water partition coefficient (Wildman–Crippen LogP) is 3.29. The summed E-state index contributed by atoms with van der Waals surface area (Å²) in [5, 5.41) is 6.96. The Bertz CT molecular complexity index is 501. The van der Waals surface area contributed by atoms with Gasteiger partial charge in [0.05, 0.1) is 0 Å². The van der Waals surface area contributed by atoms with E-state index in [2.05, 4.69) is 57.7 Å². The SMILES string of the molecule is CCNC(=NCCCSC)NC1CCN(c2ccc(C)cn2)CC1.I. The number of aryl methyl sites for hydroxylation is 1. The summed E-state index contributed by atoms with van der Waals surface area (Å²) in [6.07, 6.45) is 7.46. The first-order valence-electron chi connectivity index (χ1n) is 8.94. The van der Waals surface area contributed by atoms with Gasteiger partial charge in [0.2, 0.25) is 0 Å². The number of anilines is 1. The molecule has 1 aliphatic heterocycles. The van der Waals surface area contributed by atoms with Crippen LogP contribution in [0.4, 0.5) is 5.82 Å². The number of thioether (sulfide) groups is 1. The lowest BCUT2D eigenvalue weighted by Gasteiger charge is -2.33. The van der Waals surface area contributed by atoms with Gasteiger partial charge in [-0.05, 0) is 56.7 Å². The number of aliphatic imine (C=N–C) groups is 1. The van der Waals surface area contributed by atoms with Crippen LogP contribution in [-0.4, -0.2) is 55.2 Å². The Morgan fingerprint density at radius 2 is 2.12 bits per heavy atom. The summed E-state index contributed by atoms with van der Waals surface area (Å²) in [6.45, 7) is 8.07. The molecule has 0 aromatic carbocycles. The maximum Gasteiger partial charge on any atom is 0.191 e. The zero-order valence-corrected chi connectivity index (χ0v) is 18.8. The van der Waals surface area contributed by atoms with Gasteiger partial charge in [0.15, 0.2) is 5.96 Å². The number of halogens is 1. The number of pyridine rings is 1. The Hall–Kier alpha value is -0.700. The molecule has 7 heteroatoms. The highest BCUT2D eigenvalue weighted by Gasteiger charge is 2.20. The molecule has 0 radical (unpaired) electrons. The van der Waals surface area contributed by atoms with E-state index in [1.54, 1.807) is 0 Å². The molecule has 0 aliphatic carbocycles. The van der Waals surface area contributed by atoms with Crippen LogP contribution in [0.3, 0.4) is 0 Å². The standard InChI is InChI=1S/C18H31N5S.HI/c1-4-19-18(20-10-5-13-24-3)22-16-8-11-23(12-9-16)17-7-6-15(2)14-21-17;/h6-7,14,16H,4-5,8-13H2,1-3H3,(H2,19,20,22);1H. The van der Waals surface area contributed by atoms with Crippen molar-refractivity contribution in [1.82, 2.24) is 15.6 Å². The molecule has 2 N–H and O–H groups in total. The molecular weight excluding hydrogens is 445 g/mol. The third-order valence-electron chi connectivity index (χ3n) is 4.18. The van der Waals surface area contributed by atoms with Crippen molar-refractivity contribution in [2.75, 3.05) is 43.1 Å². The van der Waals surface area contributed by atoms with Gasteiger partial charge in [-0.1, -0.05) is 6.07 Å². The monoisotopic (exact) mass is 477 g/mol. The van der Waals surface area contributed by atoms with E-state index in [9.17, 15) is 0 Å². The lowest BCUT2D eigenvalue weighted by atomic mass is 10.1. The lowest BCUT2D eigenvalue weighted by Crippen LogP contribution is -2.49. The number of hydrogen-bond acceptors (Lipinski definition) is 4. The second-order valence-corrected chi connectivity index (χ2v) is 7.19. The second kappa shape index (κ2) is 12.6. The average molecular weight is 477 g/mol. The fraction of sp³-hybridized carbons (Fsp3) is 0.667. The summed E-state index contributed by atoms with van der Waals surface area (Å²) < 4.78 is 0. The van der Waals surface area contributed by atoms with Crippen molar-refractivity contribution in [3.05, 3.63) is 23.9 Å². The molecule has 1 saturated heterocycles. The Labute approximate surface area is 173 Å². The van der Waals surface area contributed by atoms with Gasteiger partial charge >= 0.3 is 0 Å². The van der Waals surface area contributed by atoms with Crippen LogP contribution in [-0.2, 0) is 0 Å². The zero-order valence-electron chi connectivity index (χ0n) is 15.6. The fourth-order valence-electron chi connectivity index (χ4n) is 2.81. The molecule has 0 bridgehead atoms. The molecule has 2 rings (SSSR count). The first-order valence-corrected chi connectivity index (χ1v) is 10.3. The van der Waals surface area contributed by atoms with Crippen LogP contribution in [0.5, 0.6) is 0 Å². The maximum absolute atomic E-state index is 4.69. The molecule has 2 heterocycles. The molecule has 0 unspecified atom stereocenters. The molecule has 0 spiro atoms. The van der Waals surface area contributed by atoms with Crippen LogP contribution in [0, 0.1) is 6.92 Å². The van der Waals surface area contributed by atoms with Crippen molar-refractivity contribution in [1.29, 1.82) is 0 Å². The highest BCUT2D eigenvalue weighted by Crippen LogP contribution is 2.18. The number of piperidine rings is 1. The molecule has 5 nitrogen and oxygen atoms in total. The van der Waals surface area contributed by atoms with Gasteiger partial charge in [-0.3, -0.25) is 4.99 Å². The number of aromatic nitrogens is 1. The number of hydrogen-bond donors (Lipinski definition) is 2. The van der Waals surface area contributed by atoms with Gasteiger partial charge in [0, 0.05) is 38.4 Å². The van der Waals surface area contributed by atoms with Crippen LogP contribution in [0.2, 0.25) is 0 Å². The van der Waals surface area contributed by atoms with E-state index < -0.39 is 0 Å². The summed E-state index contributed by atoms with van der Waals surface area (Å²) in [6, 6.07) is 4.75. The van der Waals surface area contributed by atoms with Gasteiger partial charge in [-0.25, -0.2) is 4.98 Å². The molecule has 142 valence electrons. The largest absolute Gasteiger partial charge is 0.357 e. The Balaban J connectivity index is 0.00000312. The second-order valence-electron chi connectivity index (χ2n) is 6.21. The molecule has 1 aromatic rings. The molecule has 0 amide bonds. The predicted molar refractivity (Wildman–Crippen MR) is 122 cm³/mol. The quantitative estimate of drug-likeness (QED) is 0.273. The zero-order chi connectivity index (χ0) is 17.2. The van der Waals surface area contributed by atoms with Gasteiger partial charge in [0.25, 0.3) is 0 Å². The third-order valence-corrected chi connectivity index (χ3v) is 4.87. The molecule has 1 aromatic heterocycles. The fourth-order valence-corrected chi connectivity index (χ4v) is 3.23. The van der Waals surface area contributed by atoms with E-state index in [4.69, 9.17) is 0 Å². The van der Waals surface area contributed by atoms with Gasteiger partial charge in [-0.15, -0.1) is 24.0 Å². The van der Waals surface area contributed by atoms with E-state index >= 15 is 0 Å². The van der Waals surface area contributed by atoms with Gasteiger partial charge in [-0.2, -0.15) is 11.8 Å². The van der Waals surface area contributed by atoms with Crippen molar-refractivity contribution in [2.24, 2.45) is 4.99 Å². The smallest absolute Gasteiger partial charge is 0.191 e. The van der Waals surface area contributed by atoms with Crippen molar-refractivity contribution in [3.63, 3.8) is 0 Å². The topological polar surface area (TPSA) is 52.6 Å². The van der Waals surface area contributed by atoms with Crippen LogP contribution in [0.25, 0.3) is 0 Å². The highest BCUT2D eigenvalue weighted by atomic mass is 127. The van der Waals surface area contributed by atoms with E-state index in [-0.39, 0.29) is 24.0 Å². The summed E-state index contributed by atoms with van der Waals surface area (Å²) in [5.41, 5.74) is 1.21. The van der Waals surface area contributed by atoms with Gasteiger partial charge in [0.1, 0.15) is 5.82 Å². The van der Waals surface area contributed by atoms with E-state index in [0.29, 0.717) is 6.04 Å². The summed E-state index contributed by atoms with van der Waals surface area (Å²) >= 11 is 1.88. The summed E-state index contributed by atoms with van der Waals surface area (Å²) in [5.74, 6) is 3.23. The molecule has 0 atom stereocenters. The molecule has 1 aliphatic rings. The first kappa shape index (κ1) is 22.3. The van der Waals surface area contributed by atoms with Crippen LogP contribution < -0.4 is 15.5 Å².